The van der Waals surface area contributed by atoms with Crippen LogP contribution in [0.15, 0.2) is 42.5 Å². The van der Waals surface area contributed by atoms with Crippen LogP contribution in [-0.4, -0.2) is 23.5 Å². The van der Waals surface area contributed by atoms with Crippen molar-refractivity contribution >= 4 is 11.9 Å². The summed E-state index contributed by atoms with van der Waals surface area (Å²) in [7, 11) is 0. The number of amides is 1. The van der Waals surface area contributed by atoms with Crippen molar-refractivity contribution in [2.24, 2.45) is 0 Å². The Hall–Kier alpha value is -2.62. The van der Waals surface area contributed by atoms with E-state index in [0.717, 1.165) is 12.0 Å². The van der Waals surface area contributed by atoms with Crippen LogP contribution in [0.25, 0.3) is 0 Å². The molecule has 2 N–H and O–H groups in total. The smallest absolute Gasteiger partial charge is 0.335 e. The van der Waals surface area contributed by atoms with Crippen LogP contribution in [0.5, 0.6) is 0 Å². The van der Waals surface area contributed by atoms with Crippen LogP contribution < -0.4 is 5.32 Å². The highest BCUT2D eigenvalue weighted by Gasteiger charge is 2.05. The lowest BCUT2D eigenvalue weighted by atomic mass is 10.0. The molecule has 0 aliphatic carbocycles. The number of carboxylic acid groups (broad SMARTS) is 1. The second kappa shape index (κ2) is 8.29. The zero-order valence-corrected chi connectivity index (χ0v) is 14.1. The van der Waals surface area contributed by atoms with Crippen LogP contribution in [-0.2, 0) is 17.6 Å². The van der Waals surface area contributed by atoms with E-state index in [2.05, 4.69) is 37.4 Å². The van der Waals surface area contributed by atoms with Gasteiger partial charge in [0.15, 0.2) is 0 Å². The number of rotatable bonds is 7. The van der Waals surface area contributed by atoms with Gasteiger partial charge in [-0.1, -0.05) is 35.9 Å². The summed E-state index contributed by atoms with van der Waals surface area (Å²) in [5.74, 6) is -0.890. The highest BCUT2D eigenvalue weighted by molar-refractivity contribution is 5.87. The Morgan fingerprint density at radius 1 is 1.00 bits per heavy atom. The Morgan fingerprint density at radius 3 is 2.33 bits per heavy atom. The SMILES string of the molecule is Cc1ccc(CCC(=O)NCCc2ccc(C(=O)O)cc2)c(C)c1. The van der Waals surface area contributed by atoms with E-state index in [1.165, 1.54) is 16.7 Å². The summed E-state index contributed by atoms with van der Waals surface area (Å²) >= 11 is 0. The summed E-state index contributed by atoms with van der Waals surface area (Å²) in [5, 5.41) is 11.8. The second-order valence-electron chi connectivity index (χ2n) is 6.03. The third kappa shape index (κ3) is 5.23. The van der Waals surface area contributed by atoms with Gasteiger partial charge in [0.2, 0.25) is 5.91 Å². The number of carbonyl (C=O) groups is 2. The first-order valence-corrected chi connectivity index (χ1v) is 8.11. The topological polar surface area (TPSA) is 66.4 Å². The molecule has 0 spiro atoms. The third-order valence-electron chi connectivity index (χ3n) is 4.06. The van der Waals surface area contributed by atoms with Gasteiger partial charge in [0.1, 0.15) is 0 Å². The minimum Gasteiger partial charge on any atom is -0.478 e. The van der Waals surface area contributed by atoms with Crippen molar-refractivity contribution in [2.75, 3.05) is 6.54 Å². The van der Waals surface area contributed by atoms with Crippen molar-refractivity contribution in [3.63, 3.8) is 0 Å². The number of hydrogen-bond donors (Lipinski definition) is 2. The lowest BCUT2D eigenvalue weighted by Crippen LogP contribution is -2.25. The van der Waals surface area contributed by atoms with Gasteiger partial charge in [-0.15, -0.1) is 0 Å². The molecule has 0 unspecified atom stereocenters. The van der Waals surface area contributed by atoms with Gasteiger partial charge in [-0.05, 0) is 55.5 Å². The van der Waals surface area contributed by atoms with Crippen LogP contribution in [0.2, 0.25) is 0 Å². The summed E-state index contributed by atoms with van der Waals surface area (Å²) in [6, 6.07) is 13.0. The van der Waals surface area contributed by atoms with Gasteiger partial charge in [-0.25, -0.2) is 4.79 Å². The van der Waals surface area contributed by atoms with Crippen LogP contribution in [0.1, 0.15) is 39.0 Å². The summed E-state index contributed by atoms with van der Waals surface area (Å²) in [6.07, 6.45) is 1.91. The molecule has 0 radical (unpaired) electrons. The number of hydrogen-bond acceptors (Lipinski definition) is 2. The predicted octanol–water partition coefficient (Wildman–Crippen LogP) is 3.29. The molecule has 4 heteroatoms. The molecular formula is C20H23NO3. The average molecular weight is 325 g/mol. The van der Waals surface area contributed by atoms with Crippen LogP contribution in [0.4, 0.5) is 0 Å². The van der Waals surface area contributed by atoms with Crippen molar-refractivity contribution in [2.45, 2.75) is 33.1 Å². The fraction of sp³-hybridized carbons (Fsp3) is 0.300. The van der Waals surface area contributed by atoms with E-state index in [4.69, 9.17) is 5.11 Å². The molecule has 0 aliphatic heterocycles. The van der Waals surface area contributed by atoms with Crippen molar-refractivity contribution in [3.8, 4) is 0 Å². The van der Waals surface area contributed by atoms with Gasteiger partial charge in [-0.3, -0.25) is 4.79 Å². The Labute approximate surface area is 142 Å². The molecule has 1 amide bonds. The van der Waals surface area contributed by atoms with Gasteiger partial charge in [0.05, 0.1) is 5.56 Å². The first-order valence-electron chi connectivity index (χ1n) is 8.11. The van der Waals surface area contributed by atoms with Crippen LogP contribution >= 0.6 is 0 Å². The third-order valence-corrected chi connectivity index (χ3v) is 4.06. The molecular weight excluding hydrogens is 302 g/mol. The van der Waals surface area contributed by atoms with Gasteiger partial charge in [0, 0.05) is 13.0 Å². The van der Waals surface area contributed by atoms with Gasteiger partial charge in [-0.2, -0.15) is 0 Å². The summed E-state index contributed by atoms with van der Waals surface area (Å²) in [4.78, 5) is 22.7. The fourth-order valence-electron chi connectivity index (χ4n) is 2.62. The van der Waals surface area contributed by atoms with Crippen LogP contribution in [0.3, 0.4) is 0 Å². The maximum Gasteiger partial charge on any atom is 0.335 e. The molecule has 0 atom stereocenters. The van der Waals surface area contributed by atoms with Crippen molar-refractivity contribution in [3.05, 3.63) is 70.3 Å². The summed E-state index contributed by atoms with van der Waals surface area (Å²) in [5.41, 5.74) is 4.95. The highest BCUT2D eigenvalue weighted by Crippen LogP contribution is 2.12. The van der Waals surface area contributed by atoms with E-state index in [-0.39, 0.29) is 11.5 Å². The highest BCUT2D eigenvalue weighted by atomic mass is 16.4. The molecule has 0 bridgehead atoms. The van der Waals surface area contributed by atoms with E-state index < -0.39 is 5.97 Å². The first kappa shape index (κ1) is 17.7. The standard InChI is InChI=1S/C20H23NO3/c1-14-3-6-17(15(2)13-14)9-10-19(22)21-12-11-16-4-7-18(8-5-16)20(23)24/h3-8,13H,9-12H2,1-2H3,(H,21,22)(H,23,24). The quantitative estimate of drug-likeness (QED) is 0.821. The Morgan fingerprint density at radius 2 is 1.71 bits per heavy atom. The lowest BCUT2D eigenvalue weighted by Gasteiger charge is -2.08. The average Bonchev–Trinajstić information content (AvgIpc) is 2.54. The van der Waals surface area contributed by atoms with Crippen molar-refractivity contribution in [1.82, 2.24) is 5.32 Å². The second-order valence-corrected chi connectivity index (χ2v) is 6.03. The Kier molecular flexibility index (Phi) is 6.13. The molecule has 2 rings (SSSR count). The van der Waals surface area contributed by atoms with Crippen molar-refractivity contribution < 1.29 is 14.7 Å². The molecule has 0 saturated heterocycles. The van der Waals surface area contributed by atoms with Crippen LogP contribution in [0, 0.1) is 13.8 Å². The molecule has 24 heavy (non-hydrogen) atoms. The normalized spacial score (nSPS) is 10.4. The number of carboxylic acids is 1. The van der Waals surface area contributed by atoms with Gasteiger partial charge >= 0.3 is 5.97 Å². The molecule has 0 aliphatic rings. The van der Waals surface area contributed by atoms with E-state index in [9.17, 15) is 9.59 Å². The molecule has 2 aromatic rings. The predicted molar refractivity (Wildman–Crippen MR) is 94.4 cm³/mol. The summed E-state index contributed by atoms with van der Waals surface area (Å²) in [6.45, 7) is 4.69. The monoisotopic (exact) mass is 325 g/mol. The number of nitrogens with one attached hydrogen (secondary N) is 1. The molecule has 0 heterocycles. The summed E-state index contributed by atoms with van der Waals surface area (Å²) < 4.78 is 0. The van der Waals surface area contributed by atoms with E-state index in [1.54, 1.807) is 24.3 Å². The molecule has 2 aromatic carbocycles. The zero-order valence-electron chi connectivity index (χ0n) is 14.1. The van der Waals surface area contributed by atoms with Gasteiger partial charge < -0.3 is 10.4 Å². The minimum absolute atomic E-state index is 0.0390. The molecule has 0 aromatic heterocycles. The molecule has 126 valence electrons. The fourth-order valence-corrected chi connectivity index (χ4v) is 2.62. The zero-order chi connectivity index (χ0) is 17.5. The molecule has 4 nitrogen and oxygen atoms in total. The van der Waals surface area contributed by atoms with Crippen molar-refractivity contribution in [1.29, 1.82) is 0 Å². The maximum absolute atomic E-state index is 11.9. The number of carbonyl (C=O) groups excluding carboxylic acids is 1. The Bertz CT molecular complexity index is 720. The number of benzene rings is 2. The minimum atomic E-state index is -0.929. The molecule has 0 fully saturated rings. The van der Waals surface area contributed by atoms with E-state index >= 15 is 0 Å². The number of aryl methyl sites for hydroxylation is 3. The first-order chi connectivity index (χ1) is 11.5. The Balaban J connectivity index is 1.74. The largest absolute Gasteiger partial charge is 0.478 e. The van der Waals surface area contributed by atoms with E-state index in [1.807, 2.05) is 0 Å². The van der Waals surface area contributed by atoms with Gasteiger partial charge in [0.25, 0.3) is 0 Å². The van der Waals surface area contributed by atoms with E-state index in [0.29, 0.717) is 19.4 Å². The lowest BCUT2D eigenvalue weighted by molar-refractivity contribution is -0.121. The molecule has 0 saturated carbocycles. The number of aromatic carboxylic acids is 1. The maximum atomic E-state index is 11.9.